The van der Waals surface area contributed by atoms with Crippen molar-refractivity contribution in [1.29, 1.82) is 0 Å². The van der Waals surface area contributed by atoms with Crippen LogP contribution in [0.15, 0.2) is 18.2 Å². The molecule has 9 heteroatoms. The Balaban J connectivity index is 2.23. The van der Waals surface area contributed by atoms with Crippen LogP contribution in [0.2, 0.25) is 0 Å². The predicted molar refractivity (Wildman–Crippen MR) is 66.1 cm³/mol. The zero-order valence-corrected chi connectivity index (χ0v) is 11.5. The SMILES string of the molecule is COC(=O)C(=O)N1CCOc2ccc(OC(F)(F)F)cc2C1. The molecule has 0 unspecified atom stereocenters. The van der Waals surface area contributed by atoms with Gasteiger partial charge in [0.1, 0.15) is 18.1 Å². The Hall–Kier alpha value is -2.45. The fourth-order valence-electron chi connectivity index (χ4n) is 1.96. The Morgan fingerprint density at radius 2 is 2.05 bits per heavy atom. The second-order valence-electron chi connectivity index (χ2n) is 4.38. The summed E-state index contributed by atoms with van der Waals surface area (Å²) >= 11 is 0. The molecule has 0 spiro atoms. The number of methoxy groups -OCH3 is 1. The van der Waals surface area contributed by atoms with Crippen molar-refractivity contribution < 1.29 is 37.0 Å². The van der Waals surface area contributed by atoms with E-state index in [0.29, 0.717) is 11.3 Å². The van der Waals surface area contributed by atoms with Crippen LogP contribution in [0.1, 0.15) is 5.56 Å². The Morgan fingerprint density at radius 1 is 1.32 bits per heavy atom. The van der Waals surface area contributed by atoms with Crippen LogP contribution in [0.4, 0.5) is 13.2 Å². The number of alkyl halides is 3. The molecule has 0 fully saturated rings. The highest BCUT2D eigenvalue weighted by Crippen LogP contribution is 2.30. The second-order valence-corrected chi connectivity index (χ2v) is 4.38. The summed E-state index contributed by atoms with van der Waals surface area (Å²) in [5.74, 6) is -2.04. The van der Waals surface area contributed by atoms with Gasteiger partial charge in [0.2, 0.25) is 0 Å². The molecule has 1 heterocycles. The van der Waals surface area contributed by atoms with Crippen LogP contribution in [-0.2, 0) is 20.9 Å². The highest BCUT2D eigenvalue weighted by atomic mass is 19.4. The minimum Gasteiger partial charge on any atom is -0.491 e. The van der Waals surface area contributed by atoms with Gasteiger partial charge in [-0.1, -0.05) is 0 Å². The summed E-state index contributed by atoms with van der Waals surface area (Å²) in [6.45, 7) is 0.131. The van der Waals surface area contributed by atoms with Crippen LogP contribution in [0.3, 0.4) is 0 Å². The molecule has 0 aromatic heterocycles. The van der Waals surface area contributed by atoms with E-state index >= 15 is 0 Å². The summed E-state index contributed by atoms with van der Waals surface area (Å²) in [5.41, 5.74) is 0.302. The van der Waals surface area contributed by atoms with Gasteiger partial charge in [-0.2, -0.15) is 0 Å². The highest BCUT2D eigenvalue weighted by Gasteiger charge is 2.32. The zero-order valence-electron chi connectivity index (χ0n) is 11.5. The molecule has 2 rings (SSSR count). The van der Waals surface area contributed by atoms with E-state index in [1.807, 2.05) is 0 Å². The minimum atomic E-state index is -4.82. The first-order chi connectivity index (χ1) is 10.3. The number of rotatable bonds is 1. The van der Waals surface area contributed by atoms with E-state index in [-0.39, 0.29) is 19.7 Å². The van der Waals surface area contributed by atoms with Gasteiger partial charge in [0, 0.05) is 5.56 Å². The smallest absolute Gasteiger partial charge is 0.491 e. The molecule has 120 valence electrons. The molecule has 1 aromatic carbocycles. The van der Waals surface area contributed by atoms with Gasteiger partial charge in [0.25, 0.3) is 0 Å². The quantitative estimate of drug-likeness (QED) is 0.579. The molecule has 1 amide bonds. The third-order valence-corrected chi connectivity index (χ3v) is 2.89. The van der Waals surface area contributed by atoms with E-state index in [4.69, 9.17) is 4.74 Å². The van der Waals surface area contributed by atoms with E-state index in [1.165, 1.54) is 6.07 Å². The molecule has 22 heavy (non-hydrogen) atoms. The maximum absolute atomic E-state index is 12.2. The van der Waals surface area contributed by atoms with Gasteiger partial charge in [0.15, 0.2) is 0 Å². The lowest BCUT2D eigenvalue weighted by molar-refractivity contribution is -0.274. The van der Waals surface area contributed by atoms with Gasteiger partial charge in [-0.05, 0) is 18.2 Å². The molecular weight excluding hydrogens is 307 g/mol. The number of halogens is 3. The third kappa shape index (κ3) is 3.80. The number of ether oxygens (including phenoxy) is 3. The molecule has 0 N–H and O–H groups in total. The van der Waals surface area contributed by atoms with Crippen molar-refractivity contribution in [1.82, 2.24) is 4.90 Å². The molecule has 1 aliphatic heterocycles. The Morgan fingerprint density at radius 3 is 2.68 bits per heavy atom. The summed E-state index contributed by atoms with van der Waals surface area (Å²) in [7, 11) is 1.07. The van der Waals surface area contributed by atoms with Gasteiger partial charge in [-0.25, -0.2) is 4.79 Å². The number of amides is 1. The van der Waals surface area contributed by atoms with E-state index < -0.39 is 24.0 Å². The lowest BCUT2D eigenvalue weighted by atomic mass is 10.2. The molecule has 0 aliphatic carbocycles. The molecule has 6 nitrogen and oxygen atoms in total. The van der Waals surface area contributed by atoms with Gasteiger partial charge < -0.3 is 19.1 Å². The van der Waals surface area contributed by atoms with E-state index in [1.54, 1.807) is 0 Å². The van der Waals surface area contributed by atoms with Crippen molar-refractivity contribution in [2.45, 2.75) is 12.9 Å². The summed E-state index contributed by atoms with van der Waals surface area (Å²) in [6.07, 6.45) is -4.82. The lowest BCUT2D eigenvalue weighted by Gasteiger charge is -2.18. The molecule has 0 bridgehead atoms. The molecule has 1 aromatic rings. The molecule has 0 saturated heterocycles. The van der Waals surface area contributed by atoms with E-state index in [2.05, 4.69) is 9.47 Å². The normalized spacial score (nSPS) is 14.5. The van der Waals surface area contributed by atoms with Gasteiger partial charge >= 0.3 is 18.2 Å². The number of carbonyl (C=O) groups is 2. The summed E-state index contributed by atoms with van der Waals surface area (Å²) in [5, 5.41) is 0. The summed E-state index contributed by atoms with van der Waals surface area (Å²) < 4.78 is 50.2. The number of carbonyl (C=O) groups excluding carboxylic acids is 2. The van der Waals surface area contributed by atoms with Gasteiger partial charge in [-0.3, -0.25) is 4.79 Å². The van der Waals surface area contributed by atoms with Crippen molar-refractivity contribution in [2.75, 3.05) is 20.3 Å². The van der Waals surface area contributed by atoms with Crippen LogP contribution in [0.25, 0.3) is 0 Å². The average molecular weight is 319 g/mol. The molecule has 1 aliphatic rings. The largest absolute Gasteiger partial charge is 0.573 e. The Kier molecular flexibility index (Phi) is 4.43. The maximum Gasteiger partial charge on any atom is 0.573 e. The van der Waals surface area contributed by atoms with Crippen molar-refractivity contribution in [3.63, 3.8) is 0 Å². The topological polar surface area (TPSA) is 65.1 Å². The molecule has 0 radical (unpaired) electrons. The Labute approximate surface area is 123 Å². The van der Waals surface area contributed by atoms with Crippen LogP contribution >= 0.6 is 0 Å². The van der Waals surface area contributed by atoms with Crippen molar-refractivity contribution in [3.05, 3.63) is 23.8 Å². The Bertz CT molecular complexity index is 588. The number of hydrogen-bond donors (Lipinski definition) is 0. The van der Waals surface area contributed by atoms with Gasteiger partial charge in [-0.15, -0.1) is 13.2 Å². The van der Waals surface area contributed by atoms with Gasteiger partial charge in [0.05, 0.1) is 20.2 Å². The highest BCUT2D eigenvalue weighted by molar-refractivity contribution is 6.32. The predicted octanol–water partition coefficient (Wildman–Crippen LogP) is 1.48. The van der Waals surface area contributed by atoms with Crippen LogP contribution in [-0.4, -0.2) is 43.4 Å². The first-order valence-electron chi connectivity index (χ1n) is 6.19. The summed E-state index contributed by atoms with van der Waals surface area (Å²) in [6, 6.07) is 3.55. The average Bonchev–Trinajstić information content (AvgIpc) is 2.65. The zero-order chi connectivity index (χ0) is 16.3. The summed E-state index contributed by atoms with van der Waals surface area (Å²) in [4.78, 5) is 24.2. The van der Waals surface area contributed by atoms with Crippen molar-refractivity contribution >= 4 is 11.9 Å². The molecule has 0 saturated carbocycles. The number of fused-ring (bicyclic) bond motifs is 1. The van der Waals surface area contributed by atoms with Crippen LogP contribution in [0, 0.1) is 0 Å². The van der Waals surface area contributed by atoms with Crippen LogP contribution in [0.5, 0.6) is 11.5 Å². The maximum atomic E-state index is 12.2. The monoisotopic (exact) mass is 319 g/mol. The third-order valence-electron chi connectivity index (χ3n) is 2.89. The fourth-order valence-corrected chi connectivity index (χ4v) is 1.96. The number of nitrogens with zero attached hydrogens (tertiary/aromatic N) is 1. The van der Waals surface area contributed by atoms with E-state index in [9.17, 15) is 22.8 Å². The lowest BCUT2D eigenvalue weighted by Crippen LogP contribution is -2.38. The van der Waals surface area contributed by atoms with Crippen molar-refractivity contribution in [3.8, 4) is 11.5 Å². The fraction of sp³-hybridized carbons (Fsp3) is 0.385. The minimum absolute atomic E-state index is 0.0850. The second kappa shape index (κ2) is 6.12. The number of hydrogen-bond acceptors (Lipinski definition) is 5. The molecular formula is C13H12F3NO5. The first-order valence-corrected chi connectivity index (χ1v) is 6.19. The number of esters is 1. The number of benzene rings is 1. The standard InChI is InChI=1S/C13H12F3NO5/c1-20-12(19)11(18)17-4-5-21-10-3-2-9(6-8(10)7-17)22-13(14,15)16/h2-3,6H,4-5,7H2,1H3. The van der Waals surface area contributed by atoms with E-state index in [0.717, 1.165) is 24.1 Å². The molecule has 0 atom stereocenters. The van der Waals surface area contributed by atoms with Crippen LogP contribution < -0.4 is 9.47 Å². The van der Waals surface area contributed by atoms with Crippen molar-refractivity contribution in [2.24, 2.45) is 0 Å². The first kappa shape index (κ1) is 15.9.